The number of hydrogen-bond donors (Lipinski definition) is 6. The van der Waals surface area contributed by atoms with Crippen molar-refractivity contribution in [2.75, 3.05) is 25.3 Å². The molecule has 1 aromatic rings. The van der Waals surface area contributed by atoms with Crippen molar-refractivity contribution >= 4 is 70.4 Å². The van der Waals surface area contributed by atoms with Crippen molar-refractivity contribution in [2.45, 2.75) is 24.5 Å². The average Bonchev–Trinajstić information content (AvgIpc) is 2.78. The second-order valence-corrected chi connectivity index (χ2v) is 9.93. The summed E-state index contributed by atoms with van der Waals surface area (Å²) in [5.74, 6) is -8.80. The molecule has 37 heavy (non-hydrogen) atoms. The summed E-state index contributed by atoms with van der Waals surface area (Å²) in [6.45, 7) is 0. The van der Waals surface area contributed by atoms with Gasteiger partial charge in [-0.05, 0) is 44.5 Å². The molecule has 0 heterocycles. The SMILES string of the molecule is CN(C)[C@@H]1C(=O)C(C(N)=O)=C(O)C2(O)C(=O)C3=C(O)c4c(cc(Cl)c(NC(=O)CCl)c4O)CC3CC12.Cl. The number of aliphatic hydroxyl groups excluding tert-OH is 2. The molecule has 0 aliphatic heterocycles. The minimum atomic E-state index is -2.73. The summed E-state index contributed by atoms with van der Waals surface area (Å²) in [5.41, 5.74) is 1.28. The number of phenolic OH excluding ortho intramolecular Hbond substituents is 1. The van der Waals surface area contributed by atoms with E-state index in [1.807, 2.05) is 0 Å². The monoisotopic (exact) mass is 575 g/mol. The van der Waals surface area contributed by atoms with Crippen LogP contribution in [0.5, 0.6) is 5.75 Å². The summed E-state index contributed by atoms with van der Waals surface area (Å²) in [4.78, 5) is 52.0. The second kappa shape index (κ2) is 9.80. The van der Waals surface area contributed by atoms with E-state index in [2.05, 4.69) is 5.32 Å². The largest absolute Gasteiger partial charge is 0.508 e. The number of nitrogens with zero attached hydrogens (tertiary/aromatic N) is 1. The molecule has 14 heteroatoms. The van der Waals surface area contributed by atoms with Crippen molar-refractivity contribution < 1.29 is 39.6 Å². The maximum atomic E-state index is 13.7. The van der Waals surface area contributed by atoms with Gasteiger partial charge in [-0.25, -0.2) is 0 Å². The van der Waals surface area contributed by atoms with Crippen LogP contribution in [0.25, 0.3) is 5.76 Å². The van der Waals surface area contributed by atoms with Crippen LogP contribution in [-0.2, 0) is 25.6 Å². The van der Waals surface area contributed by atoms with Crippen molar-refractivity contribution in [3.8, 4) is 5.75 Å². The van der Waals surface area contributed by atoms with Gasteiger partial charge in [0, 0.05) is 11.5 Å². The molecule has 3 aliphatic carbocycles. The number of fused-ring (bicyclic) bond motifs is 3. The summed E-state index contributed by atoms with van der Waals surface area (Å²) >= 11 is 11.7. The Morgan fingerprint density at radius 2 is 1.86 bits per heavy atom. The number of ketones is 2. The minimum Gasteiger partial charge on any atom is -0.508 e. The number of aliphatic hydroxyl groups is 3. The van der Waals surface area contributed by atoms with E-state index in [0.717, 1.165) is 0 Å². The Balaban J connectivity index is 0.00000380. The fourth-order valence-electron chi connectivity index (χ4n) is 5.56. The standard InChI is InChI=1S/C23H23Cl2N3O8.ClH/c1-28(2)16-9-4-7-3-8-5-10(25)15(27-11(29)6-24)18(31)12(8)17(30)13(7)20(33)23(9,36)21(34)14(19(16)32)22(26)35;/h5,7,9,16,30-31,34,36H,3-4,6H2,1-2H3,(H2,26,35)(H,27,29);1H/t7?,9?,16-,23?;/m0./s1. The van der Waals surface area contributed by atoms with Gasteiger partial charge in [0.15, 0.2) is 17.1 Å². The number of hydrogen-bond acceptors (Lipinski definition) is 9. The van der Waals surface area contributed by atoms with Gasteiger partial charge < -0.3 is 31.5 Å². The number of halogens is 3. The zero-order valence-electron chi connectivity index (χ0n) is 19.5. The Labute approximate surface area is 226 Å². The molecular formula is C23H24Cl3N3O8. The molecule has 1 aromatic carbocycles. The highest BCUT2D eigenvalue weighted by Crippen LogP contribution is 2.54. The number of amides is 2. The van der Waals surface area contributed by atoms with Gasteiger partial charge in [-0.1, -0.05) is 11.6 Å². The molecule has 0 bridgehead atoms. The van der Waals surface area contributed by atoms with Crippen molar-refractivity contribution in [1.29, 1.82) is 0 Å². The number of likely N-dealkylation sites (N-methyl/N-ethyl adjacent to an activating group) is 1. The quantitative estimate of drug-likeness (QED) is 0.174. The normalized spacial score (nSPS) is 26.8. The number of benzene rings is 1. The molecule has 0 aromatic heterocycles. The summed E-state index contributed by atoms with van der Waals surface area (Å²) in [5, 5.41) is 46.6. The number of aromatic hydroxyl groups is 1. The van der Waals surface area contributed by atoms with Gasteiger partial charge in [-0.15, -0.1) is 24.0 Å². The van der Waals surface area contributed by atoms with Gasteiger partial charge >= 0.3 is 0 Å². The summed E-state index contributed by atoms with van der Waals surface area (Å²) in [6.07, 6.45) is 0.0282. The average molecular weight is 577 g/mol. The molecule has 4 atom stereocenters. The summed E-state index contributed by atoms with van der Waals surface area (Å²) in [7, 11) is 3.03. The molecular weight excluding hydrogens is 553 g/mol. The van der Waals surface area contributed by atoms with Crippen LogP contribution in [0.4, 0.5) is 5.69 Å². The van der Waals surface area contributed by atoms with Crippen molar-refractivity contribution in [3.05, 3.63) is 39.1 Å². The molecule has 4 rings (SSSR count). The molecule has 2 amide bonds. The molecule has 11 nitrogen and oxygen atoms in total. The Bertz CT molecular complexity index is 1310. The van der Waals surface area contributed by atoms with Crippen LogP contribution >= 0.6 is 35.6 Å². The van der Waals surface area contributed by atoms with Crippen molar-refractivity contribution in [3.63, 3.8) is 0 Å². The molecule has 200 valence electrons. The first-order valence-electron chi connectivity index (χ1n) is 10.8. The first-order chi connectivity index (χ1) is 16.8. The molecule has 1 fully saturated rings. The number of alkyl halides is 1. The molecule has 0 radical (unpaired) electrons. The van der Waals surface area contributed by atoms with Crippen LogP contribution in [0, 0.1) is 11.8 Å². The fourth-order valence-corrected chi connectivity index (χ4v) is 5.89. The zero-order valence-corrected chi connectivity index (χ0v) is 21.9. The number of anilines is 1. The first kappa shape index (κ1) is 28.7. The first-order valence-corrected chi connectivity index (χ1v) is 11.7. The lowest BCUT2D eigenvalue weighted by Crippen LogP contribution is -2.65. The fraction of sp³-hybridized carbons (Fsp3) is 0.391. The van der Waals surface area contributed by atoms with E-state index in [1.165, 1.54) is 25.1 Å². The second-order valence-electron chi connectivity index (χ2n) is 9.26. The van der Waals surface area contributed by atoms with E-state index in [4.69, 9.17) is 28.9 Å². The van der Waals surface area contributed by atoms with E-state index >= 15 is 0 Å². The van der Waals surface area contributed by atoms with Crippen LogP contribution in [0.3, 0.4) is 0 Å². The van der Waals surface area contributed by atoms with Crippen molar-refractivity contribution in [1.82, 2.24) is 4.90 Å². The van der Waals surface area contributed by atoms with Crippen LogP contribution in [0.1, 0.15) is 17.5 Å². The highest BCUT2D eigenvalue weighted by atomic mass is 35.5. The number of phenols is 1. The molecule has 0 spiro atoms. The van der Waals surface area contributed by atoms with Crippen LogP contribution in [-0.4, -0.2) is 80.3 Å². The van der Waals surface area contributed by atoms with Gasteiger partial charge in [0.05, 0.1) is 16.6 Å². The van der Waals surface area contributed by atoms with E-state index < -0.39 is 75.6 Å². The third-order valence-corrected chi connectivity index (χ3v) is 7.59. The highest BCUT2D eigenvalue weighted by Gasteiger charge is 2.64. The molecule has 1 saturated carbocycles. The molecule has 0 saturated heterocycles. The highest BCUT2D eigenvalue weighted by molar-refractivity contribution is 6.35. The number of rotatable bonds is 4. The van der Waals surface area contributed by atoms with Gasteiger partial charge in [-0.2, -0.15) is 0 Å². The maximum absolute atomic E-state index is 13.7. The van der Waals surface area contributed by atoms with Gasteiger partial charge in [0.25, 0.3) is 5.91 Å². The Morgan fingerprint density at radius 3 is 2.41 bits per heavy atom. The lowest BCUT2D eigenvalue weighted by Gasteiger charge is -2.50. The number of carbonyl (C=O) groups is 4. The van der Waals surface area contributed by atoms with Crippen LogP contribution in [0.2, 0.25) is 5.02 Å². The van der Waals surface area contributed by atoms with Gasteiger partial charge in [0.2, 0.25) is 11.7 Å². The predicted molar refractivity (Wildman–Crippen MR) is 136 cm³/mol. The van der Waals surface area contributed by atoms with Crippen LogP contribution < -0.4 is 11.1 Å². The topological polar surface area (TPSA) is 190 Å². The van der Waals surface area contributed by atoms with E-state index in [1.54, 1.807) is 0 Å². The third-order valence-electron chi connectivity index (χ3n) is 7.05. The zero-order chi connectivity index (χ0) is 26.9. The Hall–Kier alpha value is -2.83. The lowest BCUT2D eigenvalue weighted by molar-refractivity contribution is -0.153. The number of nitrogens with one attached hydrogen (secondary N) is 1. The minimum absolute atomic E-state index is 0. The number of carbonyl (C=O) groups excluding carboxylic acids is 4. The van der Waals surface area contributed by atoms with Gasteiger partial charge in [0.1, 0.15) is 28.7 Å². The smallest absolute Gasteiger partial charge is 0.255 e. The Kier molecular flexibility index (Phi) is 7.62. The Morgan fingerprint density at radius 1 is 1.24 bits per heavy atom. The third kappa shape index (κ3) is 4.05. The number of primary amides is 1. The molecule has 3 aliphatic rings. The summed E-state index contributed by atoms with van der Waals surface area (Å²) < 4.78 is 0. The molecule has 7 N–H and O–H groups in total. The molecule has 3 unspecified atom stereocenters. The lowest BCUT2D eigenvalue weighted by atomic mass is 9.57. The predicted octanol–water partition coefficient (Wildman–Crippen LogP) is 1.22. The van der Waals surface area contributed by atoms with Crippen molar-refractivity contribution in [2.24, 2.45) is 17.6 Å². The summed E-state index contributed by atoms with van der Waals surface area (Å²) in [6, 6.07) is 0.240. The van der Waals surface area contributed by atoms with E-state index in [-0.39, 0.29) is 47.1 Å². The van der Waals surface area contributed by atoms with E-state index in [9.17, 15) is 39.6 Å². The number of nitrogens with two attached hydrogens (primary N) is 1. The number of Topliss-reactive ketones (excluding diaryl/α,β-unsaturated/α-hetero) is 2. The van der Waals surface area contributed by atoms with E-state index in [0.29, 0.717) is 5.56 Å². The van der Waals surface area contributed by atoms with Crippen LogP contribution in [0.15, 0.2) is 23.0 Å². The van der Waals surface area contributed by atoms with Gasteiger partial charge in [-0.3, -0.25) is 24.1 Å². The maximum Gasteiger partial charge on any atom is 0.255 e.